The molecule has 7 nitrogen and oxygen atoms in total. The third-order valence-corrected chi connectivity index (χ3v) is 5.57. The number of rotatable bonds is 6. The lowest BCUT2D eigenvalue weighted by molar-refractivity contribution is 0.913. The molecule has 3 aromatic heterocycles. The van der Waals surface area contributed by atoms with Gasteiger partial charge in [0.15, 0.2) is 0 Å². The highest BCUT2D eigenvalue weighted by atomic mass is 35.5. The summed E-state index contributed by atoms with van der Waals surface area (Å²) in [5.41, 5.74) is 5.68. The van der Waals surface area contributed by atoms with E-state index in [-0.39, 0.29) is 0 Å². The Labute approximate surface area is 196 Å². The van der Waals surface area contributed by atoms with Gasteiger partial charge in [0.25, 0.3) is 5.78 Å². The first-order valence-electron chi connectivity index (χ1n) is 10.6. The quantitative estimate of drug-likeness (QED) is 0.336. The summed E-state index contributed by atoms with van der Waals surface area (Å²) in [5.74, 6) is 1.74. The fourth-order valence-electron chi connectivity index (χ4n) is 3.70. The molecule has 0 aliphatic heterocycles. The first-order chi connectivity index (χ1) is 16.1. The first kappa shape index (κ1) is 20.9. The minimum atomic E-state index is 0.443. The fraction of sp³-hybridized carbons (Fsp3) is 0.120. The van der Waals surface area contributed by atoms with E-state index >= 15 is 0 Å². The standard InChI is InChI=1S/C25H22ClN7/c1-16-11-12-19(26)14-21(16)30-24-31-25-29-17(2)22(18-8-4-3-5-9-18)23(33(25)32-24)28-15-20-10-6-7-13-27-20/h3-14,28H,15H2,1-2H3,(H,30,32). The number of fused-ring (bicyclic) bond motifs is 1. The van der Waals surface area contributed by atoms with Crippen molar-refractivity contribution in [3.05, 3.63) is 94.9 Å². The number of nitrogens with one attached hydrogen (secondary N) is 2. The molecule has 0 bridgehead atoms. The highest BCUT2D eigenvalue weighted by Crippen LogP contribution is 2.32. The van der Waals surface area contributed by atoms with Crippen LogP contribution in [0.25, 0.3) is 16.9 Å². The smallest absolute Gasteiger partial charge is 0.256 e. The van der Waals surface area contributed by atoms with Crippen LogP contribution in [0.15, 0.2) is 72.9 Å². The van der Waals surface area contributed by atoms with Crippen molar-refractivity contribution in [3.8, 4) is 11.1 Å². The van der Waals surface area contributed by atoms with Gasteiger partial charge in [0, 0.05) is 22.5 Å². The number of benzene rings is 2. The lowest BCUT2D eigenvalue weighted by atomic mass is 10.0. The van der Waals surface area contributed by atoms with Gasteiger partial charge in [0.2, 0.25) is 5.95 Å². The van der Waals surface area contributed by atoms with E-state index < -0.39 is 0 Å². The number of pyridine rings is 1. The van der Waals surface area contributed by atoms with Gasteiger partial charge < -0.3 is 10.6 Å². The molecule has 5 aromatic rings. The Hall–Kier alpha value is -3.97. The zero-order chi connectivity index (χ0) is 22.8. The molecule has 0 fully saturated rings. The monoisotopic (exact) mass is 455 g/mol. The van der Waals surface area contributed by atoms with E-state index in [0.717, 1.165) is 39.6 Å². The number of anilines is 3. The first-order valence-corrected chi connectivity index (χ1v) is 11.0. The van der Waals surface area contributed by atoms with Gasteiger partial charge in [-0.1, -0.05) is 54.1 Å². The summed E-state index contributed by atoms with van der Waals surface area (Å²) in [4.78, 5) is 13.8. The molecule has 3 heterocycles. The molecule has 0 radical (unpaired) electrons. The second-order valence-electron chi connectivity index (χ2n) is 7.69. The highest BCUT2D eigenvalue weighted by molar-refractivity contribution is 6.30. The van der Waals surface area contributed by atoms with Crippen LogP contribution >= 0.6 is 11.6 Å². The molecule has 0 unspecified atom stereocenters. The Morgan fingerprint density at radius 2 is 1.76 bits per heavy atom. The summed E-state index contributed by atoms with van der Waals surface area (Å²) in [7, 11) is 0. The Morgan fingerprint density at radius 1 is 0.939 bits per heavy atom. The summed E-state index contributed by atoms with van der Waals surface area (Å²) in [6, 6.07) is 21.7. The molecule has 0 aliphatic carbocycles. The van der Waals surface area contributed by atoms with Gasteiger partial charge >= 0.3 is 0 Å². The van der Waals surface area contributed by atoms with Crippen LogP contribution in [0.4, 0.5) is 17.5 Å². The van der Waals surface area contributed by atoms with Crippen LogP contribution in [0, 0.1) is 13.8 Å². The third-order valence-electron chi connectivity index (χ3n) is 5.34. The maximum Gasteiger partial charge on any atom is 0.256 e. The molecule has 0 saturated heterocycles. The summed E-state index contributed by atoms with van der Waals surface area (Å²) in [5, 5.41) is 12.2. The predicted molar refractivity (Wildman–Crippen MR) is 132 cm³/mol. The van der Waals surface area contributed by atoms with Crippen molar-refractivity contribution in [2.75, 3.05) is 10.6 Å². The van der Waals surface area contributed by atoms with Crippen molar-refractivity contribution in [3.63, 3.8) is 0 Å². The van der Waals surface area contributed by atoms with E-state index in [2.05, 4.69) is 32.7 Å². The Bertz CT molecular complexity index is 1420. The molecule has 0 spiro atoms. The number of aromatic nitrogens is 5. The lowest BCUT2D eigenvalue weighted by Gasteiger charge is -2.15. The highest BCUT2D eigenvalue weighted by Gasteiger charge is 2.18. The molecule has 2 N–H and O–H groups in total. The number of aryl methyl sites for hydroxylation is 2. The van der Waals surface area contributed by atoms with Gasteiger partial charge in [-0.25, -0.2) is 4.98 Å². The van der Waals surface area contributed by atoms with Crippen LogP contribution in [0.5, 0.6) is 0 Å². The molecular formula is C25H22ClN7. The molecule has 5 rings (SSSR count). The molecule has 2 aromatic carbocycles. The molecule has 0 aliphatic rings. The zero-order valence-corrected chi connectivity index (χ0v) is 19.0. The van der Waals surface area contributed by atoms with Crippen LogP contribution in [0.2, 0.25) is 5.02 Å². The third kappa shape index (κ3) is 4.36. The van der Waals surface area contributed by atoms with E-state index in [4.69, 9.17) is 21.7 Å². The van der Waals surface area contributed by atoms with Crippen molar-refractivity contribution in [2.24, 2.45) is 0 Å². The molecule has 0 amide bonds. The molecular weight excluding hydrogens is 434 g/mol. The van der Waals surface area contributed by atoms with Crippen molar-refractivity contribution >= 4 is 34.8 Å². The summed E-state index contributed by atoms with van der Waals surface area (Å²) in [6.07, 6.45) is 1.79. The van der Waals surface area contributed by atoms with Crippen LogP contribution in [0.3, 0.4) is 0 Å². The van der Waals surface area contributed by atoms with Crippen molar-refractivity contribution in [2.45, 2.75) is 20.4 Å². The van der Waals surface area contributed by atoms with E-state index in [0.29, 0.717) is 23.3 Å². The molecule has 8 heteroatoms. The zero-order valence-electron chi connectivity index (χ0n) is 18.2. The summed E-state index contributed by atoms with van der Waals surface area (Å²) < 4.78 is 1.74. The topological polar surface area (TPSA) is 80.0 Å². The Balaban J connectivity index is 1.61. The van der Waals surface area contributed by atoms with Gasteiger partial charge in [0.1, 0.15) is 5.82 Å². The molecule has 164 valence electrons. The fourth-order valence-corrected chi connectivity index (χ4v) is 3.87. The van der Waals surface area contributed by atoms with Crippen molar-refractivity contribution < 1.29 is 0 Å². The minimum absolute atomic E-state index is 0.443. The maximum absolute atomic E-state index is 6.18. The van der Waals surface area contributed by atoms with Crippen LogP contribution < -0.4 is 10.6 Å². The lowest BCUT2D eigenvalue weighted by Crippen LogP contribution is -2.10. The Kier molecular flexibility index (Phi) is 5.62. The van der Waals surface area contributed by atoms with E-state index in [1.165, 1.54) is 0 Å². The number of hydrogen-bond donors (Lipinski definition) is 2. The van der Waals surface area contributed by atoms with Gasteiger partial charge in [-0.2, -0.15) is 9.50 Å². The number of hydrogen-bond acceptors (Lipinski definition) is 6. The van der Waals surface area contributed by atoms with Gasteiger partial charge in [-0.3, -0.25) is 4.98 Å². The number of halogens is 1. The van der Waals surface area contributed by atoms with Gasteiger partial charge in [-0.05, 0) is 49.2 Å². The largest absolute Gasteiger partial charge is 0.364 e. The second-order valence-corrected chi connectivity index (χ2v) is 8.13. The number of nitrogens with zero attached hydrogens (tertiary/aromatic N) is 5. The van der Waals surface area contributed by atoms with Gasteiger partial charge in [-0.15, -0.1) is 5.10 Å². The maximum atomic E-state index is 6.18. The Morgan fingerprint density at radius 3 is 2.55 bits per heavy atom. The summed E-state index contributed by atoms with van der Waals surface area (Å²) >= 11 is 6.18. The SMILES string of the molecule is Cc1ccc(Cl)cc1Nc1nc2nc(C)c(-c3ccccc3)c(NCc3ccccn3)n2n1. The normalized spacial score (nSPS) is 11.0. The van der Waals surface area contributed by atoms with Crippen molar-refractivity contribution in [1.29, 1.82) is 0 Å². The minimum Gasteiger partial charge on any atom is -0.364 e. The van der Waals surface area contributed by atoms with E-state index in [1.807, 2.05) is 68.4 Å². The molecule has 0 saturated carbocycles. The van der Waals surface area contributed by atoms with Crippen LogP contribution in [-0.4, -0.2) is 24.6 Å². The predicted octanol–water partition coefficient (Wildman–Crippen LogP) is 5.81. The van der Waals surface area contributed by atoms with E-state index in [9.17, 15) is 0 Å². The van der Waals surface area contributed by atoms with Crippen LogP contribution in [0.1, 0.15) is 17.0 Å². The molecule has 0 atom stereocenters. The van der Waals surface area contributed by atoms with Gasteiger partial charge in [0.05, 0.1) is 17.9 Å². The summed E-state index contributed by atoms with van der Waals surface area (Å²) in [6.45, 7) is 4.52. The average Bonchev–Trinajstić information content (AvgIpc) is 3.23. The van der Waals surface area contributed by atoms with Crippen LogP contribution in [-0.2, 0) is 6.54 Å². The molecule has 33 heavy (non-hydrogen) atoms. The average molecular weight is 456 g/mol. The van der Waals surface area contributed by atoms with E-state index in [1.54, 1.807) is 10.7 Å². The second kappa shape index (κ2) is 8.88. The van der Waals surface area contributed by atoms with Crippen molar-refractivity contribution in [1.82, 2.24) is 24.6 Å².